The van der Waals surface area contributed by atoms with E-state index in [9.17, 15) is 19.5 Å². The molecule has 0 aromatic heterocycles. The third kappa shape index (κ3) is 4.20. The van der Waals surface area contributed by atoms with Crippen molar-refractivity contribution >= 4 is 17.9 Å². The van der Waals surface area contributed by atoms with Gasteiger partial charge in [-0.2, -0.15) is 0 Å². The number of fused-ring (bicyclic) bond motifs is 2. The Hall–Kier alpha value is -2.41. The number of carbonyl (C=O) groups is 3. The van der Waals surface area contributed by atoms with Crippen LogP contribution in [0.15, 0.2) is 34.4 Å². The van der Waals surface area contributed by atoms with Crippen molar-refractivity contribution in [3.05, 3.63) is 34.4 Å². The molecule has 0 radical (unpaired) electrons. The van der Waals surface area contributed by atoms with E-state index < -0.39 is 41.3 Å². The first-order valence-electron chi connectivity index (χ1n) is 10.7. The maximum Gasteiger partial charge on any atom is 0.336 e. The summed E-state index contributed by atoms with van der Waals surface area (Å²) in [6.45, 7) is 10.2. The minimum absolute atomic E-state index is 0.243. The van der Waals surface area contributed by atoms with E-state index >= 15 is 0 Å². The minimum Gasteiger partial charge on any atom is -0.462 e. The van der Waals surface area contributed by atoms with E-state index in [1.54, 1.807) is 13.0 Å². The lowest BCUT2D eigenvalue weighted by atomic mass is 9.59. The van der Waals surface area contributed by atoms with E-state index in [1.807, 2.05) is 26.8 Å². The fraction of sp³-hybridized carbons (Fsp3) is 0.625. The van der Waals surface area contributed by atoms with Gasteiger partial charge >= 0.3 is 17.9 Å². The van der Waals surface area contributed by atoms with Crippen molar-refractivity contribution in [2.75, 3.05) is 0 Å². The fourth-order valence-electron chi connectivity index (χ4n) is 5.35. The molecule has 2 aliphatic carbocycles. The van der Waals surface area contributed by atoms with Gasteiger partial charge in [0, 0.05) is 36.8 Å². The molecule has 3 rings (SSSR count). The summed E-state index contributed by atoms with van der Waals surface area (Å²) < 4.78 is 16.9. The van der Waals surface area contributed by atoms with Crippen LogP contribution in [-0.4, -0.2) is 41.0 Å². The number of rotatable bonds is 2. The van der Waals surface area contributed by atoms with Crippen molar-refractivity contribution in [3.63, 3.8) is 0 Å². The van der Waals surface area contributed by atoms with Gasteiger partial charge in [-0.15, -0.1) is 0 Å². The summed E-state index contributed by atoms with van der Waals surface area (Å²) in [5, 5.41) is 11.3. The van der Waals surface area contributed by atoms with Crippen LogP contribution in [-0.2, 0) is 28.6 Å². The minimum atomic E-state index is -1.80. The first-order chi connectivity index (χ1) is 14.4. The number of ether oxygens (including phenoxy) is 3. The lowest BCUT2D eigenvalue weighted by Crippen LogP contribution is -2.54. The predicted molar refractivity (Wildman–Crippen MR) is 112 cm³/mol. The number of hydrogen-bond acceptors (Lipinski definition) is 7. The zero-order chi connectivity index (χ0) is 23.1. The molecule has 170 valence electrons. The fourth-order valence-corrected chi connectivity index (χ4v) is 5.35. The molecule has 0 saturated heterocycles. The van der Waals surface area contributed by atoms with Crippen LogP contribution in [0.4, 0.5) is 0 Å². The monoisotopic (exact) mass is 432 g/mol. The van der Waals surface area contributed by atoms with Gasteiger partial charge in [0.2, 0.25) is 0 Å². The van der Waals surface area contributed by atoms with E-state index in [1.165, 1.54) is 13.8 Å². The maximum atomic E-state index is 12.4. The van der Waals surface area contributed by atoms with E-state index in [0.29, 0.717) is 36.8 Å². The van der Waals surface area contributed by atoms with Crippen molar-refractivity contribution < 1.29 is 33.7 Å². The van der Waals surface area contributed by atoms with Crippen molar-refractivity contribution in [2.45, 2.75) is 85.2 Å². The highest BCUT2D eigenvalue weighted by molar-refractivity contribution is 5.92. The van der Waals surface area contributed by atoms with Gasteiger partial charge in [-0.05, 0) is 52.0 Å². The number of allylic oxidation sites excluding steroid dienone is 2. The number of aliphatic hydroxyl groups is 1. The average molecular weight is 433 g/mol. The molecule has 0 bridgehead atoms. The summed E-state index contributed by atoms with van der Waals surface area (Å²) in [5.74, 6) is -3.39. The Kier molecular flexibility index (Phi) is 6.20. The molecule has 0 amide bonds. The highest BCUT2D eigenvalue weighted by Gasteiger charge is 2.55. The quantitative estimate of drug-likeness (QED) is 0.405. The van der Waals surface area contributed by atoms with Crippen LogP contribution < -0.4 is 0 Å². The van der Waals surface area contributed by atoms with Crippen molar-refractivity contribution in [1.82, 2.24) is 0 Å². The number of hydrogen-bond donors (Lipinski definition) is 1. The van der Waals surface area contributed by atoms with Gasteiger partial charge in [0.1, 0.15) is 12.2 Å². The Morgan fingerprint density at radius 2 is 1.74 bits per heavy atom. The molecular weight excluding hydrogens is 400 g/mol. The zero-order valence-electron chi connectivity index (χ0n) is 19.1. The smallest absolute Gasteiger partial charge is 0.336 e. The van der Waals surface area contributed by atoms with Gasteiger partial charge in [-0.3, -0.25) is 9.59 Å². The van der Waals surface area contributed by atoms with Gasteiger partial charge in [0.15, 0.2) is 0 Å². The van der Waals surface area contributed by atoms with Gasteiger partial charge < -0.3 is 19.3 Å². The molecular formula is C24H32O7. The molecule has 0 spiro atoms. The summed E-state index contributed by atoms with van der Waals surface area (Å²) in [6, 6.07) is 0. The highest BCUT2D eigenvalue weighted by atomic mass is 16.7. The van der Waals surface area contributed by atoms with Crippen molar-refractivity contribution in [1.29, 1.82) is 0 Å². The lowest BCUT2D eigenvalue weighted by molar-refractivity contribution is -0.181. The second-order valence-corrected chi connectivity index (χ2v) is 9.22. The Balaban J connectivity index is 2.21. The first-order valence-corrected chi connectivity index (χ1v) is 10.7. The molecule has 3 aliphatic rings. The summed E-state index contributed by atoms with van der Waals surface area (Å²) in [5.41, 5.74) is 1.96. The maximum absolute atomic E-state index is 12.4. The normalized spacial score (nSPS) is 35.8. The van der Waals surface area contributed by atoms with Crippen molar-refractivity contribution in [3.8, 4) is 0 Å². The summed E-state index contributed by atoms with van der Waals surface area (Å²) in [7, 11) is 0. The lowest BCUT2D eigenvalue weighted by Gasteiger charge is -2.50. The second kappa shape index (κ2) is 8.26. The third-order valence-corrected chi connectivity index (χ3v) is 7.05. The van der Waals surface area contributed by atoms with Gasteiger partial charge in [-0.25, -0.2) is 4.79 Å². The van der Waals surface area contributed by atoms with Crippen LogP contribution in [0.25, 0.3) is 0 Å². The molecule has 5 atom stereocenters. The number of esters is 3. The van der Waals surface area contributed by atoms with Gasteiger partial charge in [0.25, 0.3) is 5.79 Å². The predicted octanol–water partition coefficient (Wildman–Crippen LogP) is 3.51. The van der Waals surface area contributed by atoms with E-state index in [0.717, 1.165) is 11.1 Å². The molecule has 31 heavy (non-hydrogen) atoms. The van der Waals surface area contributed by atoms with E-state index in [4.69, 9.17) is 14.2 Å². The molecule has 0 fully saturated rings. The SMILES string of the molecule is CC(=O)O[C@H]1CC=C(C)[C@@H]2CC3=C(C)C(=O)O[C@@]3(O)C=C(C)CC[C@H](OC(C)=O)[C@@]12C. The van der Waals surface area contributed by atoms with Gasteiger partial charge in [0.05, 0.1) is 0 Å². The molecule has 7 nitrogen and oxygen atoms in total. The molecule has 1 heterocycles. The zero-order valence-corrected chi connectivity index (χ0v) is 19.1. The topological polar surface area (TPSA) is 99.1 Å². The third-order valence-electron chi connectivity index (χ3n) is 7.05. The van der Waals surface area contributed by atoms with Gasteiger partial charge in [-0.1, -0.05) is 24.1 Å². The summed E-state index contributed by atoms with van der Waals surface area (Å²) in [6.07, 6.45) is 4.38. The molecule has 7 heteroatoms. The van der Waals surface area contributed by atoms with Crippen LogP contribution in [0, 0.1) is 11.3 Å². The van der Waals surface area contributed by atoms with Crippen LogP contribution in [0.2, 0.25) is 0 Å². The second-order valence-electron chi connectivity index (χ2n) is 9.22. The average Bonchev–Trinajstić information content (AvgIpc) is 2.85. The summed E-state index contributed by atoms with van der Waals surface area (Å²) in [4.78, 5) is 36.3. The molecule has 0 saturated carbocycles. The molecule has 0 unspecified atom stereocenters. The standard InChI is InChI=1S/C24H32O7/c1-13-7-9-20(29-16(4)25)23(6)18(14(2)8-10-21(23)30-17(5)26)11-19-15(3)22(27)31-24(19,28)12-13/h8,12,18,20-21,28H,7,9-11H2,1-6H3/t18-,20-,21-,23-,24-/m0/s1. The number of carbonyl (C=O) groups excluding carboxylic acids is 3. The molecule has 0 aromatic rings. The molecule has 1 aliphatic heterocycles. The van der Waals surface area contributed by atoms with Crippen LogP contribution >= 0.6 is 0 Å². The highest BCUT2D eigenvalue weighted by Crippen LogP contribution is 2.53. The Bertz CT molecular complexity index is 896. The van der Waals surface area contributed by atoms with E-state index in [-0.39, 0.29) is 5.92 Å². The van der Waals surface area contributed by atoms with Crippen LogP contribution in [0.1, 0.15) is 67.2 Å². The van der Waals surface area contributed by atoms with Crippen LogP contribution in [0.5, 0.6) is 0 Å². The summed E-state index contributed by atoms with van der Waals surface area (Å²) >= 11 is 0. The Morgan fingerprint density at radius 1 is 1.13 bits per heavy atom. The van der Waals surface area contributed by atoms with E-state index in [2.05, 4.69) is 0 Å². The Morgan fingerprint density at radius 3 is 2.35 bits per heavy atom. The van der Waals surface area contributed by atoms with Crippen molar-refractivity contribution in [2.24, 2.45) is 11.3 Å². The Labute approximate surface area is 183 Å². The molecule has 0 aromatic carbocycles. The molecule has 1 N–H and O–H groups in total. The van der Waals surface area contributed by atoms with Crippen LogP contribution in [0.3, 0.4) is 0 Å². The first kappa shape index (κ1) is 23.3. The largest absolute Gasteiger partial charge is 0.462 e.